The third kappa shape index (κ3) is 6.12. The maximum absolute atomic E-state index is 13.6. The highest BCUT2D eigenvalue weighted by Gasteiger charge is 2.36. The number of alkyl halides is 2. The van der Waals surface area contributed by atoms with Crippen LogP contribution in [0.2, 0.25) is 0 Å². The number of ether oxygens (including phenoxy) is 1. The third-order valence-electron chi connectivity index (χ3n) is 9.27. The van der Waals surface area contributed by atoms with Gasteiger partial charge in [0, 0.05) is 32.2 Å². The molecule has 2 aromatic carbocycles. The van der Waals surface area contributed by atoms with E-state index in [-0.39, 0.29) is 10.8 Å². The number of benzene rings is 2. The summed E-state index contributed by atoms with van der Waals surface area (Å²) in [6.45, 7) is 14.3. The zero-order valence-electron chi connectivity index (χ0n) is 25.0. The Balaban J connectivity index is 2.49. The van der Waals surface area contributed by atoms with E-state index in [0.717, 1.165) is 70.2 Å². The molecule has 0 amide bonds. The first-order valence-electron chi connectivity index (χ1n) is 14.6. The van der Waals surface area contributed by atoms with Crippen molar-refractivity contribution in [2.75, 3.05) is 6.61 Å². The monoisotopic (exact) mass is 570 g/mol. The maximum atomic E-state index is 13.6. The predicted molar refractivity (Wildman–Crippen MR) is 165 cm³/mol. The van der Waals surface area contributed by atoms with E-state index < -0.39 is 19.0 Å². The van der Waals surface area contributed by atoms with Gasteiger partial charge >= 0.3 is 5.97 Å². The van der Waals surface area contributed by atoms with Crippen molar-refractivity contribution in [3.63, 3.8) is 0 Å². The summed E-state index contributed by atoms with van der Waals surface area (Å²) in [7, 11) is 0. The van der Waals surface area contributed by atoms with Gasteiger partial charge in [-0.25, -0.2) is 13.6 Å². The lowest BCUT2D eigenvalue weighted by Crippen LogP contribution is -2.28. The molecule has 0 unspecified atom stereocenters. The van der Waals surface area contributed by atoms with Crippen molar-refractivity contribution < 1.29 is 23.4 Å². The summed E-state index contributed by atoms with van der Waals surface area (Å²) in [5.74, 6) is -0.440. The quantitative estimate of drug-likeness (QED) is 0.196. The van der Waals surface area contributed by atoms with Crippen molar-refractivity contribution in [2.24, 2.45) is 0 Å². The average Bonchev–Trinajstić information content (AvgIpc) is 3.39. The van der Waals surface area contributed by atoms with Gasteiger partial charge < -0.3 is 9.84 Å². The van der Waals surface area contributed by atoms with Gasteiger partial charge in [0.15, 0.2) is 0 Å². The van der Waals surface area contributed by atoms with E-state index in [1.165, 1.54) is 23.0 Å². The fourth-order valence-electron chi connectivity index (χ4n) is 6.26. The van der Waals surface area contributed by atoms with Crippen molar-refractivity contribution in [3.8, 4) is 16.9 Å². The van der Waals surface area contributed by atoms with Crippen LogP contribution in [0, 0.1) is 0 Å². The predicted octanol–water partition coefficient (Wildman–Crippen LogP) is 10.6. The second kappa shape index (κ2) is 13.3. The number of carbonyl (C=O) groups is 1. The van der Waals surface area contributed by atoms with Crippen molar-refractivity contribution in [2.45, 2.75) is 104 Å². The molecule has 3 rings (SSSR count). The van der Waals surface area contributed by atoms with Crippen LogP contribution in [-0.2, 0) is 15.6 Å². The Morgan fingerprint density at radius 1 is 0.925 bits per heavy atom. The summed E-state index contributed by atoms with van der Waals surface area (Å²) in [4.78, 5) is 12.2. The standard InChI is InChI=1S/C34H44F2O3S/c1-8-33(9-2,10-3)23-18-26(32(39-21-30(35)36)27(19-23)34(11-4,12-5)13-6)24-15-14-16-28-25(24)20-29(40-28)22(7)17-31(37)38/h14-20,30H,8-13,21H2,1-7H3,(H,37,38). The number of carboxylic acid groups (broad SMARTS) is 1. The lowest BCUT2D eigenvalue weighted by atomic mass is 9.68. The molecule has 1 aromatic heterocycles. The Morgan fingerprint density at radius 3 is 2.05 bits per heavy atom. The highest BCUT2D eigenvalue weighted by molar-refractivity contribution is 7.20. The second-order valence-corrected chi connectivity index (χ2v) is 11.9. The molecule has 1 N–H and O–H groups in total. The number of aliphatic carboxylic acids is 1. The number of halogens is 2. The van der Waals surface area contributed by atoms with Crippen molar-refractivity contribution in [3.05, 3.63) is 58.5 Å². The van der Waals surface area contributed by atoms with Gasteiger partial charge in [0.25, 0.3) is 6.43 Å². The van der Waals surface area contributed by atoms with Gasteiger partial charge in [-0.3, -0.25) is 0 Å². The van der Waals surface area contributed by atoms with Gasteiger partial charge in [0.2, 0.25) is 0 Å². The van der Waals surface area contributed by atoms with Crippen LogP contribution in [0.3, 0.4) is 0 Å². The van der Waals surface area contributed by atoms with E-state index >= 15 is 0 Å². The Bertz CT molecular complexity index is 1330. The smallest absolute Gasteiger partial charge is 0.328 e. The van der Waals surface area contributed by atoms with Gasteiger partial charge in [-0.05, 0) is 91.2 Å². The van der Waals surface area contributed by atoms with Crippen molar-refractivity contribution >= 4 is 33.0 Å². The number of rotatable bonds is 14. The summed E-state index contributed by atoms with van der Waals surface area (Å²) in [6.07, 6.45) is 4.16. The lowest BCUT2D eigenvalue weighted by molar-refractivity contribution is -0.131. The van der Waals surface area contributed by atoms with Crippen LogP contribution in [0.4, 0.5) is 8.78 Å². The lowest BCUT2D eigenvalue weighted by Gasteiger charge is -2.38. The van der Waals surface area contributed by atoms with E-state index in [0.29, 0.717) is 11.3 Å². The first-order chi connectivity index (χ1) is 19.0. The molecule has 40 heavy (non-hydrogen) atoms. The summed E-state index contributed by atoms with van der Waals surface area (Å²) in [5, 5.41) is 10.3. The van der Waals surface area contributed by atoms with Crippen LogP contribution in [-0.4, -0.2) is 24.1 Å². The number of hydrogen-bond acceptors (Lipinski definition) is 3. The van der Waals surface area contributed by atoms with E-state index in [1.54, 1.807) is 6.92 Å². The number of fused-ring (bicyclic) bond motifs is 1. The molecule has 3 nitrogen and oxygen atoms in total. The zero-order valence-corrected chi connectivity index (χ0v) is 25.8. The van der Waals surface area contributed by atoms with Crippen LogP contribution < -0.4 is 4.74 Å². The molecule has 0 radical (unpaired) electrons. The van der Waals surface area contributed by atoms with Gasteiger partial charge in [-0.2, -0.15) is 0 Å². The first-order valence-corrected chi connectivity index (χ1v) is 15.4. The van der Waals surface area contributed by atoms with Gasteiger partial charge in [-0.15, -0.1) is 11.3 Å². The normalized spacial score (nSPS) is 12.9. The molecule has 0 aliphatic carbocycles. The minimum absolute atomic E-state index is 0.0414. The van der Waals surface area contributed by atoms with Gasteiger partial charge in [0.1, 0.15) is 12.4 Å². The molecule has 0 atom stereocenters. The fourth-order valence-corrected chi connectivity index (χ4v) is 7.32. The fraction of sp³-hybridized carbons (Fsp3) is 0.500. The summed E-state index contributed by atoms with van der Waals surface area (Å²) in [5.41, 5.74) is 4.42. The summed E-state index contributed by atoms with van der Waals surface area (Å²) < 4.78 is 34.4. The van der Waals surface area contributed by atoms with Crippen LogP contribution in [0.5, 0.6) is 5.75 Å². The third-order valence-corrected chi connectivity index (χ3v) is 10.5. The zero-order chi connectivity index (χ0) is 29.7. The van der Waals surface area contributed by atoms with Gasteiger partial charge in [0.05, 0.1) is 0 Å². The Labute approximate surface area is 242 Å². The van der Waals surface area contributed by atoms with Crippen molar-refractivity contribution in [1.82, 2.24) is 0 Å². The van der Waals surface area contributed by atoms with Crippen LogP contribution in [0.1, 0.15) is 103 Å². The number of carboxylic acids is 1. The van der Waals surface area contributed by atoms with E-state index in [1.807, 2.05) is 24.3 Å². The Morgan fingerprint density at radius 2 is 1.52 bits per heavy atom. The highest BCUT2D eigenvalue weighted by atomic mass is 32.1. The molecule has 1 heterocycles. The highest BCUT2D eigenvalue weighted by Crippen LogP contribution is 2.50. The number of thiophene rings is 1. The van der Waals surface area contributed by atoms with Gasteiger partial charge in [-0.1, -0.05) is 59.7 Å². The molecule has 0 aliphatic rings. The minimum Gasteiger partial charge on any atom is -0.487 e. The molecule has 0 aliphatic heterocycles. The van der Waals surface area contributed by atoms with E-state index in [9.17, 15) is 18.7 Å². The Hall–Kier alpha value is -2.73. The molecule has 6 heteroatoms. The molecule has 0 spiro atoms. The molecule has 218 valence electrons. The maximum Gasteiger partial charge on any atom is 0.328 e. The molecule has 0 bridgehead atoms. The molecular weight excluding hydrogens is 526 g/mol. The van der Waals surface area contributed by atoms with Crippen LogP contribution in [0.25, 0.3) is 26.8 Å². The summed E-state index contributed by atoms with van der Waals surface area (Å²) in [6, 6.07) is 12.5. The molecule has 0 saturated heterocycles. The minimum atomic E-state index is -2.59. The Kier molecular flexibility index (Phi) is 10.6. The topological polar surface area (TPSA) is 46.5 Å². The first kappa shape index (κ1) is 31.8. The SMILES string of the molecule is CCC(CC)(CC)c1cc(-c2cccc3sc(C(C)=CC(=O)O)cc23)c(OCC(F)F)c(C(CC)(CC)CC)c1. The molecular formula is C34H44F2O3S. The van der Waals surface area contributed by atoms with E-state index in [2.05, 4.69) is 53.7 Å². The van der Waals surface area contributed by atoms with Crippen LogP contribution >= 0.6 is 11.3 Å². The van der Waals surface area contributed by atoms with Crippen molar-refractivity contribution in [1.29, 1.82) is 0 Å². The van der Waals surface area contributed by atoms with Crippen LogP contribution in [0.15, 0.2) is 42.5 Å². The summed E-state index contributed by atoms with van der Waals surface area (Å²) >= 11 is 1.53. The molecule has 0 fully saturated rings. The number of hydrogen-bond donors (Lipinski definition) is 1. The average molecular weight is 571 g/mol. The molecule has 3 aromatic rings. The largest absolute Gasteiger partial charge is 0.487 e. The molecule has 0 saturated carbocycles. The second-order valence-electron chi connectivity index (χ2n) is 10.8. The number of allylic oxidation sites excluding steroid dienone is 1. The van der Waals surface area contributed by atoms with E-state index in [4.69, 9.17) is 4.74 Å².